The Morgan fingerprint density at radius 1 is 0.145 bits per heavy atom. The molecule has 10 aromatic heterocycles. The van der Waals surface area contributed by atoms with Crippen molar-refractivity contribution in [2.75, 3.05) is 0 Å². The molecule has 0 saturated heterocycles. The number of thiophene rings is 4. The molecule has 13 heteroatoms. The van der Waals surface area contributed by atoms with E-state index in [2.05, 4.69) is 475 Å². The smallest absolute Gasteiger partial charge is 0.160 e. The average molecular weight is 1920 g/mol. The molecule has 0 amide bonds. The Morgan fingerprint density at radius 3 is 1.02 bits per heavy atom. The van der Waals surface area contributed by atoms with Gasteiger partial charge in [0, 0.05) is 180 Å². The molecule has 30 rings (SSSR count). The minimum atomic E-state index is 0.706. The van der Waals surface area contributed by atoms with Gasteiger partial charge in [-0.2, -0.15) is 0 Å². The summed E-state index contributed by atoms with van der Waals surface area (Å²) in [6.07, 6.45) is 0. The molecule has 145 heavy (non-hydrogen) atoms. The maximum atomic E-state index is 5.26. The third-order valence-corrected chi connectivity index (χ3v) is 32.8. The van der Waals surface area contributed by atoms with Gasteiger partial charge >= 0.3 is 0 Å². The van der Waals surface area contributed by atoms with Gasteiger partial charge in [-0.15, -0.1) is 45.3 Å². The van der Waals surface area contributed by atoms with Crippen LogP contribution in [0.4, 0.5) is 0 Å². The number of hydrogen-bond donors (Lipinski definition) is 0. The van der Waals surface area contributed by atoms with Gasteiger partial charge in [-0.3, -0.25) is 0 Å². The first-order valence-corrected chi connectivity index (χ1v) is 51.9. The molecule has 0 bridgehead atoms. The average Bonchev–Trinajstić information content (AvgIpc) is 1.55. The predicted molar refractivity (Wildman–Crippen MR) is 615 cm³/mol. The Labute approximate surface area is 849 Å². The lowest BCUT2D eigenvalue weighted by Crippen LogP contribution is -1.98. The lowest BCUT2D eigenvalue weighted by molar-refractivity contribution is 1.16. The third-order valence-electron chi connectivity index (χ3n) is 28.1. The van der Waals surface area contributed by atoms with Crippen molar-refractivity contribution in [1.29, 1.82) is 0 Å². The van der Waals surface area contributed by atoms with Crippen LogP contribution < -0.4 is 0 Å². The summed E-state index contributed by atoms with van der Waals surface area (Å²) in [6.45, 7) is 0. The second-order valence-corrected chi connectivity index (χ2v) is 40.9. The van der Waals surface area contributed by atoms with E-state index in [-0.39, 0.29) is 0 Å². The fourth-order valence-corrected chi connectivity index (χ4v) is 26.0. The molecule has 20 aromatic carbocycles. The molecular weight excluding hydrogens is 1840 g/mol. The first-order chi connectivity index (χ1) is 71.8. The number of para-hydroxylation sites is 5. The summed E-state index contributed by atoms with van der Waals surface area (Å²) in [7, 11) is 0. The van der Waals surface area contributed by atoms with Crippen LogP contribution in [-0.4, -0.2) is 43.6 Å². The molecule has 0 spiro atoms. The Kier molecular flexibility index (Phi) is 20.9. The molecule has 10 heterocycles. The molecule has 0 N–H and O–H groups in total. The quantitative estimate of drug-likeness (QED) is 0.114. The molecule has 0 saturated carbocycles. The van der Waals surface area contributed by atoms with Gasteiger partial charge in [-0.1, -0.05) is 358 Å². The van der Waals surface area contributed by atoms with Crippen LogP contribution in [0, 0.1) is 0 Å². The van der Waals surface area contributed by atoms with Crippen LogP contribution in [0.5, 0.6) is 0 Å². The lowest BCUT2D eigenvalue weighted by Gasteiger charge is -2.12. The van der Waals surface area contributed by atoms with Crippen molar-refractivity contribution in [1.82, 2.24) is 43.6 Å². The van der Waals surface area contributed by atoms with Crippen molar-refractivity contribution in [3.8, 4) is 130 Å². The Balaban J connectivity index is 0.000000106. The van der Waals surface area contributed by atoms with Gasteiger partial charge in [-0.25, -0.2) is 29.9 Å². The van der Waals surface area contributed by atoms with Gasteiger partial charge in [0.25, 0.3) is 0 Å². The largest absolute Gasteiger partial charge is 0.309 e. The highest BCUT2D eigenvalue weighted by molar-refractivity contribution is 7.27. The summed E-state index contributed by atoms with van der Waals surface area (Å²) in [6, 6.07) is 175. The maximum Gasteiger partial charge on any atom is 0.160 e. The van der Waals surface area contributed by atoms with Crippen LogP contribution in [0.25, 0.3) is 276 Å². The maximum absolute atomic E-state index is 5.26. The molecule has 9 nitrogen and oxygen atoms in total. The van der Waals surface area contributed by atoms with Gasteiger partial charge in [0.15, 0.2) is 17.5 Å². The van der Waals surface area contributed by atoms with Crippen molar-refractivity contribution in [3.63, 3.8) is 0 Å². The summed E-state index contributed by atoms with van der Waals surface area (Å²) in [4.78, 5) is 31.1. The number of rotatable bonds is 13. The standard InChI is InChI=1S/C46H27N3S2.C46H29N3S.C40H25N3S/c1-2-11-28(12-3-1)37-27-38(29-21-22-34-32-15-5-8-19-41(32)50-43(34)26-29)48-46(47-37)30-13-10-14-31(25-30)49-39-18-7-4-17-36(39)44-40(49)24-23-35-33-16-6-9-20-42(33)51-45(35)44;1-2-11-30(12-3-1)31-21-23-33(24-22-31)46-47-40(29-41(48-46)39-17-10-16-38-37-15-6-9-20-44(37)50-45(38)39)32-25-27-34(28-26-32)49-42-18-7-4-13-35(42)36-14-5-8-19-43(36)49;1-2-11-26(12-3-1)40-41-34(25-35(42-40)28-21-22-39-33(24-28)32-17-6-9-20-38(32)44-39)27-13-10-14-29(23-27)43-36-18-7-4-15-30(36)31-16-5-8-19-37(31)43/h1-27H;1-29H;1-25H. The summed E-state index contributed by atoms with van der Waals surface area (Å²) >= 11 is 7.37. The van der Waals surface area contributed by atoms with Crippen molar-refractivity contribution in [3.05, 3.63) is 491 Å². The van der Waals surface area contributed by atoms with Gasteiger partial charge in [0.1, 0.15) is 0 Å². The van der Waals surface area contributed by atoms with Crippen molar-refractivity contribution >= 4 is 191 Å². The van der Waals surface area contributed by atoms with Crippen molar-refractivity contribution in [2.45, 2.75) is 0 Å². The van der Waals surface area contributed by atoms with Crippen LogP contribution in [0.3, 0.4) is 0 Å². The molecule has 678 valence electrons. The Bertz CT molecular complexity index is 10300. The minimum Gasteiger partial charge on any atom is -0.309 e. The van der Waals surface area contributed by atoms with Gasteiger partial charge in [-0.05, 0) is 145 Å². The van der Waals surface area contributed by atoms with Crippen LogP contribution in [0.1, 0.15) is 0 Å². The topological polar surface area (TPSA) is 92.1 Å². The number of aromatic nitrogens is 9. The lowest BCUT2D eigenvalue weighted by atomic mass is 10.0. The van der Waals surface area contributed by atoms with Crippen LogP contribution in [-0.2, 0) is 0 Å². The molecule has 0 fully saturated rings. The second-order valence-electron chi connectivity index (χ2n) is 36.6. The molecular formula is C132H81N9S4. The first-order valence-electron chi connectivity index (χ1n) is 48.7. The van der Waals surface area contributed by atoms with E-state index in [1.807, 2.05) is 75.7 Å². The zero-order chi connectivity index (χ0) is 95.5. The number of fused-ring (bicyclic) bond motifs is 22. The molecule has 0 unspecified atom stereocenters. The molecule has 30 aromatic rings. The number of nitrogens with zero attached hydrogens (tertiary/aromatic N) is 9. The first kappa shape index (κ1) is 84.9. The summed E-state index contributed by atoms with van der Waals surface area (Å²) in [5.41, 5.74) is 27.7. The molecule has 0 atom stereocenters. The minimum absolute atomic E-state index is 0.706. The number of hydrogen-bond acceptors (Lipinski definition) is 10. The summed E-state index contributed by atoms with van der Waals surface area (Å²) in [5.74, 6) is 2.13. The van der Waals surface area contributed by atoms with Gasteiger partial charge < -0.3 is 13.7 Å². The van der Waals surface area contributed by atoms with E-state index in [9.17, 15) is 0 Å². The van der Waals surface area contributed by atoms with Crippen molar-refractivity contribution in [2.24, 2.45) is 0 Å². The third kappa shape index (κ3) is 15.1. The highest BCUT2D eigenvalue weighted by Gasteiger charge is 2.25. The fourth-order valence-electron chi connectivity index (χ4n) is 21.2. The van der Waals surface area contributed by atoms with E-state index in [4.69, 9.17) is 29.9 Å². The fraction of sp³-hybridized carbons (Fsp3) is 0. The van der Waals surface area contributed by atoms with Crippen LogP contribution >= 0.6 is 45.3 Å². The van der Waals surface area contributed by atoms with E-state index < -0.39 is 0 Å². The van der Waals surface area contributed by atoms with E-state index in [1.165, 1.54) is 157 Å². The molecule has 0 aliphatic heterocycles. The number of benzene rings is 20. The zero-order valence-electron chi connectivity index (χ0n) is 77.9. The summed E-state index contributed by atoms with van der Waals surface area (Å²) in [5, 5.41) is 17.9. The highest BCUT2D eigenvalue weighted by atomic mass is 32.1. The van der Waals surface area contributed by atoms with Gasteiger partial charge in [0.05, 0.1) is 67.3 Å². The van der Waals surface area contributed by atoms with E-state index in [0.29, 0.717) is 11.6 Å². The highest BCUT2D eigenvalue weighted by Crippen LogP contribution is 2.48. The van der Waals surface area contributed by atoms with Crippen molar-refractivity contribution < 1.29 is 0 Å². The van der Waals surface area contributed by atoms with E-state index in [0.717, 1.165) is 107 Å². The van der Waals surface area contributed by atoms with Crippen LogP contribution in [0.15, 0.2) is 491 Å². The summed E-state index contributed by atoms with van der Waals surface area (Å²) < 4.78 is 17.4. The second kappa shape index (κ2) is 35.6. The Morgan fingerprint density at radius 2 is 0.455 bits per heavy atom. The normalized spacial score (nSPS) is 11.7. The zero-order valence-corrected chi connectivity index (χ0v) is 81.2. The van der Waals surface area contributed by atoms with E-state index in [1.54, 1.807) is 0 Å². The van der Waals surface area contributed by atoms with Crippen LogP contribution in [0.2, 0.25) is 0 Å². The monoisotopic (exact) mass is 1920 g/mol. The molecule has 0 radical (unpaired) electrons. The SMILES string of the molecule is c1ccc(-c2cc(-c3ccc4c(c3)sc3ccccc34)nc(-c3cccc(-n4c5ccccc5c5c6sc7ccccc7c6ccc54)c3)n2)cc1.c1ccc(-c2ccc(-c3nc(-c4ccc(-n5c6ccccc6c6ccccc65)cc4)cc(-c4cccc5c4sc4ccccc45)n3)cc2)cc1.c1ccc(-c2nc(-c3cccc(-n4c5ccccc5c5ccccc54)c3)cc(-c3ccc4sc5ccccc5c4c3)n2)cc1. The Hall–Kier alpha value is -18.1. The molecule has 0 aliphatic carbocycles. The predicted octanol–water partition coefficient (Wildman–Crippen LogP) is 36.9. The molecule has 0 aliphatic rings. The van der Waals surface area contributed by atoms with Gasteiger partial charge in [0.2, 0.25) is 0 Å². The van der Waals surface area contributed by atoms with E-state index >= 15 is 0 Å².